The Hall–Kier alpha value is -2.52. The van der Waals surface area contributed by atoms with E-state index in [9.17, 15) is 19.5 Å². The van der Waals surface area contributed by atoms with Gasteiger partial charge in [-0.2, -0.15) is 0 Å². The third-order valence-electron chi connectivity index (χ3n) is 10.7. The van der Waals surface area contributed by atoms with Crippen LogP contribution in [0, 0.1) is 47.8 Å². The number of ketones is 1. The molecule has 4 rings (SSSR count). The van der Waals surface area contributed by atoms with Gasteiger partial charge in [-0.05, 0) is 56.8 Å². The number of rotatable bonds is 8. The molecule has 224 valence electrons. The molecule has 0 aliphatic heterocycles. The zero-order chi connectivity index (χ0) is 30.3. The highest BCUT2D eigenvalue weighted by atomic mass is 32.2. The maximum absolute atomic E-state index is 13.6. The predicted octanol–water partition coefficient (Wildman–Crippen LogP) is 5.43. The number of hydrogen-bond acceptors (Lipinski definition) is 9. The van der Waals surface area contributed by atoms with Crippen molar-refractivity contribution in [3.8, 4) is 0 Å². The molecule has 0 aromatic carbocycles. The van der Waals surface area contributed by atoms with E-state index in [1.54, 1.807) is 19.9 Å². The van der Waals surface area contributed by atoms with E-state index in [-0.39, 0.29) is 41.3 Å². The Balaban J connectivity index is 1.59. The lowest BCUT2D eigenvalue weighted by Crippen LogP contribution is -2.63. The molecule has 2 bridgehead atoms. The molecule has 0 spiro atoms. The lowest BCUT2D eigenvalue weighted by Gasteiger charge is -2.61. The minimum atomic E-state index is -0.710. The number of esters is 2. The third-order valence-corrected chi connectivity index (χ3v) is 11.5. The summed E-state index contributed by atoms with van der Waals surface area (Å²) in [6, 6.07) is 0. The first-order valence-corrected chi connectivity index (χ1v) is 15.5. The van der Waals surface area contributed by atoms with Crippen LogP contribution in [-0.2, 0) is 19.1 Å². The highest BCUT2D eigenvalue weighted by Crippen LogP contribution is 2.68. The normalized spacial score (nSPS) is 36.5. The smallest absolute Gasteiger partial charge is 0.342 e. The summed E-state index contributed by atoms with van der Waals surface area (Å²) in [5.74, 6) is -0.958. The molecule has 0 amide bonds. The van der Waals surface area contributed by atoms with E-state index in [2.05, 4.69) is 43.9 Å². The number of aryl methyl sites for hydroxylation is 2. The fraction of sp³-hybridized carbons (Fsp3) is 0.656. The number of thioether (sulfide) groups is 1. The molecule has 8 atom stereocenters. The van der Waals surface area contributed by atoms with E-state index < -0.39 is 35.0 Å². The van der Waals surface area contributed by atoms with Crippen LogP contribution < -0.4 is 0 Å². The summed E-state index contributed by atoms with van der Waals surface area (Å²) in [5, 5.41) is 12.0. The average molecular weight is 585 g/mol. The minimum absolute atomic E-state index is 0.0341. The lowest BCUT2D eigenvalue weighted by atomic mass is 9.44. The number of aromatic nitrogens is 2. The topological polar surface area (TPSA) is 116 Å². The van der Waals surface area contributed by atoms with Gasteiger partial charge in [0.05, 0.1) is 23.2 Å². The Morgan fingerprint density at radius 1 is 1.15 bits per heavy atom. The van der Waals surface area contributed by atoms with Gasteiger partial charge >= 0.3 is 11.9 Å². The highest BCUT2D eigenvalue weighted by molar-refractivity contribution is 7.99. The first-order chi connectivity index (χ1) is 19.2. The molecule has 0 unspecified atom stereocenters. The Labute approximate surface area is 247 Å². The monoisotopic (exact) mass is 584 g/mol. The molecule has 1 aromatic rings. The van der Waals surface area contributed by atoms with E-state index in [1.807, 2.05) is 6.92 Å². The third kappa shape index (κ3) is 5.29. The van der Waals surface area contributed by atoms with Crippen LogP contribution >= 0.6 is 11.8 Å². The van der Waals surface area contributed by atoms with Crippen LogP contribution in [0.4, 0.5) is 0 Å². The summed E-state index contributed by atoms with van der Waals surface area (Å²) in [4.78, 5) is 48.2. The summed E-state index contributed by atoms with van der Waals surface area (Å²) in [7, 11) is 0. The second kappa shape index (κ2) is 11.6. The van der Waals surface area contributed by atoms with E-state index in [0.29, 0.717) is 34.9 Å². The van der Waals surface area contributed by atoms with E-state index in [0.717, 1.165) is 31.0 Å². The van der Waals surface area contributed by atoms with Crippen molar-refractivity contribution in [1.82, 2.24) is 9.97 Å². The molecular formula is C32H44N2O6S. The fourth-order valence-corrected chi connectivity index (χ4v) is 8.79. The molecule has 0 saturated heterocycles. The zero-order valence-corrected chi connectivity index (χ0v) is 26.0. The van der Waals surface area contributed by atoms with Crippen molar-refractivity contribution in [2.24, 2.45) is 34.0 Å². The second-order valence-electron chi connectivity index (χ2n) is 12.8. The van der Waals surface area contributed by atoms with Gasteiger partial charge in [0.25, 0.3) is 0 Å². The lowest BCUT2D eigenvalue weighted by molar-refractivity contribution is -0.205. The maximum atomic E-state index is 13.6. The zero-order valence-electron chi connectivity index (χ0n) is 25.2. The van der Waals surface area contributed by atoms with Crippen molar-refractivity contribution in [3.63, 3.8) is 0 Å². The number of carbonyl (C=O) groups excluding carboxylic acids is 3. The van der Waals surface area contributed by atoms with Crippen molar-refractivity contribution in [2.45, 2.75) is 91.0 Å². The van der Waals surface area contributed by atoms with E-state index in [1.165, 1.54) is 6.08 Å². The van der Waals surface area contributed by atoms with Crippen molar-refractivity contribution < 1.29 is 29.0 Å². The molecule has 9 heteroatoms. The highest BCUT2D eigenvalue weighted by Gasteiger charge is 2.68. The van der Waals surface area contributed by atoms with Crippen molar-refractivity contribution in [2.75, 3.05) is 12.4 Å². The number of aliphatic hydroxyl groups excluding tert-OH is 1. The number of ether oxygens (including phenoxy) is 2. The average Bonchev–Trinajstić information content (AvgIpc) is 3.28. The van der Waals surface area contributed by atoms with Gasteiger partial charge in [0.2, 0.25) is 0 Å². The van der Waals surface area contributed by atoms with Crippen LogP contribution in [0.5, 0.6) is 0 Å². The molecule has 1 aromatic heterocycles. The van der Waals surface area contributed by atoms with E-state index in [4.69, 9.17) is 9.47 Å². The summed E-state index contributed by atoms with van der Waals surface area (Å²) < 4.78 is 11.4. The summed E-state index contributed by atoms with van der Waals surface area (Å²) in [6.45, 7) is 19.5. The van der Waals surface area contributed by atoms with Crippen LogP contribution in [0.3, 0.4) is 0 Å². The van der Waals surface area contributed by atoms with Crippen LogP contribution in [-0.4, -0.2) is 57.4 Å². The summed E-state index contributed by atoms with van der Waals surface area (Å²) in [5.41, 5.74) is -0.346. The van der Waals surface area contributed by atoms with Crippen LogP contribution in [0.2, 0.25) is 0 Å². The first-order valence-electron chi connectivity index (χ1n) is 14.5. The molecule has 3 fully saturated rings. The largest absolute Gasteiger partial charge is 0.461 e. The fourth-order valence-electron chi connectivity index (χ4n) is 8.07. The van der Waals surface area contributed by atoms with Gasteiger partial charge < -0.3 is 14.6 Å². The van der Waals surface area contributed by atoms with Crippen LogP contribution in [0.1, 0.15) is 81.5 Å². The Bertz CT molecular complexity index is 1230. The molecule has 8 nitrogen and oxygen atoms in total. The quantitative estimate of drug-likeness (QED) is 0.185. The number of carbonyl (C=O) groups is 3. The van der Waals surface area contributed by atoms with Gasteiger partial charge in [0.15, 0.2) is 5.16 Å². The number of aliphatic hydroxyl groups is 1. The number of nitrogens with zero attached hydrogens (tertiary/aromatic N) is 2. The standard InChI is InChI=1S/C32H44N2O6S/c1-9-15-39-28(38)25-20(5)33-29(34-21(25)6)41-17-24(36)40-23-16-30(7,10-2)27(37)19(4)32-13-11-18(3)31(23,8)26(32)22(35)12-14-32/h9-10,18-19,23,26-27,37H,1-2,11-17H2,3-8H3/t18-,19+,23-,26+,27+,30-,31+,32+/m1/s1. The van der Waals surface area contributed by atoms with Gasteiger partial charge in [0.1, 0.15) is 24.1 Å². The Morgan fingerprint density at radius 3 is 2.41 bits per heavy atom. The first kappa shape index (κ1) is 31.4. The molecule has 0 radical (unpaired) electrons. The second-order valence-corrected chi connectivity index (χ2v) is 13.7. The predicted molar refractivity (Wildman–Crippen MR) is 157 cm³/mol. The molecule has 41 heavy (non-hydrogen) atoms. The summed E-state index contributed by atoms with van der Waals surface area (Å²) in [6.07, 6.45) is 5.44. The molecular weight excluding hydrogens is 540 g/mol. The molecule has 1 heterocycles. The van der Waals surface area contributed by atoms with E-state index >= 15 is 0 Å². The molecule has 3 aliphatic carbocycles. The molecule has 1 N–H and O–H groups in total. The van der Waals surface area contributed by atoms with Gasteiger partial charge in [-0.25, -0.2) is 14.8 Å². The van der Waals surface area contributed by atoms with Crippen molar-refractivity contribution in [1.29, 1.82) is 0 Å². The molecule has 3 saturated carbocycles. The SMILES string of the molecule is C=CCOC(=O)c1c(C)nc(SCC(=O)O[C@@H]2C[C@@](C)(C=C)[C@@H](O)[C@H](C)[C@]34CCC(=O)[C@H]3[C@@]2(C)[C@H](C)CC4)nc1C. The van der Waals surface area contributed by atoms with Gasteiger partial charge in [-0.1, -0.05) is 58.2 Å². The minimum Gasteiger partial charge on any atom is -0.461 e. The molecule has 3 aliphatic rings. The Morgan fingerprint density at radius 2 is 1.80 bits per heavy atom. The van der Waals surface area contributed by atoms with Crippen molar-refractivity contribution >= 4 is 29.5 Å². The van der Waals surface area contributed by atoms with Gasteiger partial charge in [0, 0.05) is 23.2 Å². The number of hydrogen-bond donors (Lipinski definition) is 1. The maximum Gasteiger partial charge on any atom is 0.342 e. The van der Waals surface area contributed by atoms with Crippen LogP contribution in [0.25, 0.3) is 0 Å². The summed E-state index contributed by atoms with van der Waals surface area (Å²) >= 11 is 1.14. The Kier molecular flexibility index (Phi) is 8.91. The van der Waals surface area contributed by atoms with Gasteiger partial charge in [-0.15, -0.1) is 6.58 Å². The van der Waals surface area contributed by atoms with Gasteiger partial charge in [-0.3, -0.25) is 9.59 Å². The number of Topliss-reactive ketones (excluding diaryl/α,β-unsaturated/α-hetero) is 1. The van der Waals surface area contributed by atoms with Crippen molar-refractivity contribution in [3.05, 3.63) is 42.3 Å². The van der Waals surface area contributed by atoms with Crippen LogP contribution in [0.15, 0.2) is 30.5 Å².